The maximum atomic E-state index is 13.5. The highest BCUT2D eigenvalue weighted by Crippen LogP contribution is 2.34. The van der Waals surface area contributed by atoms with Crippen LogP contribution in [0, 0.1) is 0 Å². The number of carbonyl (C=O) groups excluding carboxylic acids is 1. The van der Waals surface area contributed by atoms with E-state index in [0.29, 0.717) is 41.9 Å². The van der Waals surface area contributed by atoms with Gasteiger partial charge < -0.3 is 29.7 Å². The first kappa shape index (κ1) is 24.1. The van der Waals surface area contributed by atoms with E-state index in [1.165, 1.54) is 0 Å². The number of phenols is 1. The number of carbonyl (C=O) groups is 1. The lowest BCUT2D eigenvalue weighted by molar-refractivity contribution is 0.0766. The van der Waals surface area contributed by atoms with Gasteiger partial charge >= 0.3 is 0 Å². The number of benzene rings is 2. The highest BCUT2D eigenvalue weighted by Gasteiger charge is 2.34. The van der Waals surface area contributed by atoms with Crippen molar-refractivity contribution in [2.45, 2.75) is 39.9 Å². The topological polar surface area (TPSA) is 100 Å². The summed E-state index contributed by atoms with van der Waals surface area (Å²) >= 11 is 0. The molecule has 1 amide bonds. The van der Waals surface area contributed by atoms with Crippen molar-refractivity contribution in [2.75, 3.05) is 31.0 Å². The van der Waals surface area contributed by atoms with Crippen LogP contribution in [0.15, 0.2) is 42.5 Å². The van der Waals surface area contributed by atoms with Gasteiger partial charge in [-0.25, -0.2) is 4.98 Å². The van der Waals surface area contributed by atoms with Gasteiger partial charge in [-0.1, -0.05) is 0 Å². The Balaban J connectivity index is 1.71. The van der Waals surface area contributed by atoms with Gasteiger partial charge in [-0.15, -0.1) is 0 Å². The molecule has 0 atom stereocenters. The molecule has 0 saturated carbocycles. The van der Waals surface area contributed by atoms with Crippen molar-refractivity contribution in [3.8, 4) is 17.2 Å². The van der Waals surface area contributed by atoms with Crippen molar-refractivity contribution in [1.82, 2.24) is 14.9 Å². The number of hydrogen-bond acceptors (Lipinski definition) is 8. The molecule has 2 N–H and O–H groups in total. The van der Waals surface area contributed by atoms with Crippen molar-refractivity contribution < 1.29 is 19.4 Å². The van der Waals surface area contributed by atoms with Crippen LogP contribution in [0.3, 0.4) is 0 Å². The summed E-state index contributed by atoms with van der Waals surface area (Å²) in [6.07, 6.45) is 0. The number of fused-ring (bicyclic) bond motifs is 1. The van der Waals surface area contributed by atoms with E-state index in [2.05, 4.69) is 31.0 Å². The minimum Gasteiger partial charge on any atom is -0.508 e. The van der Waals surface area contributed by atoms with Crippen molar-refractivity contribution in [3.05, 3.63) is 59.3 Å². The van der Waals surface area contributed by atoms with Crippen LogP contribution in [0.5, 0.6) is 17.2 Å². The van der Waals surface area contributed by atoms with E-state index in [4.69, 9.17) is 19.4 Å². The molecule has 1 aliphatic heterocycles. The van der Waals surface area contributed by atoms with Gasteiger partial charge in [-0.05, 0) is 57.2 Å². The number of methoxy groups -OCH3 is 2. The van der Waals surface area contributed by atoms with Crippen LogP contribution in [0.2, 0.25) is 0 Å². The number of ether oxygens (including phenoxy) is 2. The zero-order chi connectivity index (χ0) is 25.1. The summed E-state index contributed by atoms with van der Waals surface area (Å²) in [7, 11) is 3.16. The number of nitrogens with one attached hydrogen (secondary N) is 1. The first-order chi connectivity index (χ1) is 16.8. The third-order valence-electron chi connectivity index (χ3n) is 6.02. The second-order valence-electron chi connectivity index (χ2n) is 8.58. The number of hydrogen-bond donors (Lipinski definition) is 2. The fraction of sp³-hybridized carbons (Fsp3) is 0.346. The van der Waals surface area contributed by atoms with Crippen molar-refractivity contribution >= 4 is 23.4 Å². The summed E-state index contributed by atoms with van der Waals surface area (Å²) in [6, 6.07) is 12.5. The number of nitrogens with zero attached hydrogens (tertiary/aromatic N) is 4. The second kappa shape index (κ2) is 10.1. The van der Waals surface area contributed by atoms with Crippen LogP contribution >= 0.6 is 0 Å². The highest BCUT2D eigenvalue weighted by molar-refractivity contribution is 6.03. The minimum absolute atomic E-state index is 0.108. The van der Waals surface area contributed by atoms with E-state index >= 15 is 0 Å². The molecule has 2 heterocycles. The molecule has 1 aliphatic rings. The Morgan fingerprint density at radius 1 is 1.11 bits per heavy atom. The number of phenolic OH excluding ortho intramolecular Hbond substituents is 1. The van der Waals surface area contributed by atoms with Gasteiger partial charge in [0.1, 0.15) is 28.6 Å². The quantitative estimate of drug-likeness (QED) is 0.470. The fourth-order valence-electron chi connectivity index (χ4n) is 4.21. The summed E-state index contributed by atoms with van der Waals surface area (Å²) in [5, 5.41) is 13.1. The Morgan fingerprint density at radius 3 is 2.49 bits per heavy atom. The molecular formula is C26H31N5O4. The molecule has 0 aliphatic carbocycles. The van der Waals surface area contributed by atoms with Crippen LogP contribution in [0.4, 0.5) is 17.5 Å². The molecule has 4 rings (SSSR count). The van der Waals surface area contributed by atoms with Gasteiger partial charge in [-0.2, -0.15) is 4.98 Å². The molecule has 184 valence electrons. The smallest absolute Gasteiger partial charge is 0.260 e. The summed E-state index contributed by atoms with van der Waals surface area (Å²) in [4.78, 5) is 26.9. The molecule has 3 aromatic rings. The van der Waals surface area contributed by atoms with Crippen LogP contribution in [0.25, 0.3) is 0 Å². The summed E-state index contributed by atoms with van der Waals surface area (Å²) in [5.41, 5.74) is 2.72. The average Bonchev–Trinajstić information content (AvgIpc) is 3.16. The van der Waals surface area contributed by atoms with Crippen LogP contribution < -0.4 is 19.7 Å². The Hall–Kier alpha value is -4.01. The predicted octanol–water partition coefficient (Wildman–Crippen LogP) is 4.33. The molecule has 0 spiro atoms. The Kier molecular flexibility index (Phi) is 6.95. The molecule has 0 unspecified atom stereocenters. The number of rotatable bonds is 9. The Bertz CT molecular complexity index is 1210. The molecule has 35 heavy (non-hydrogen) atoms. The SMILES string of the molecule is CCN(c1nc2c(c(Nc3ccc(OC)cc3)n1)C(=O)N(Cc1ccc(O)cc1OC)C2)C(C)C. The van der Waals surface area contributed by atoms with Crippen molar-refractivity contribution in [2.24, 2.45) is 0 Å². The molecule has 9 heteroatoms. The molecule has 2 aromatic carbocycles. The van der Waals surface area contributed by atoms with E-state index in [0.717, 1.165) is 23.5 Å². The average molecular weight is 478 g/mol. The molecule has 0 fully saturated rings. The molecule has 0 saturated heterocycles. The standard InChI is InChI=1S/C26H31N5O4/c1-6-31(16(2)3)26-28-21-15-30(14-17-7-10-19(32)13-22(17)35-5)25(33)23(21)24(29-26)27-18-8-11-20(34-4)12-9-18/h7-13,16,32H,6,14-15H2,1-5H3,(H,27,28,29). The van der Waals surface area contributed by atoms with E-state index in [-0.39, 0.29) is 17.7 Å². The second-order valence-corrected chi connectivity index (χ2v) is 8.58. The van der Waals surface area contributed by atoms with Gasteiger partial charge in [0, 0.05) is 29.9 Å². The highest BCUT2D eigenvalue weighted by atomic mass is 16.5. The van der Waals surface area contributed by atoms with Crippen LogP contribution in [0.1, 0.15) is 42.4 Å². The predicted molar refractivity (Wildman–Crippen MR) is 135 cm³/mol. The monoisotopic (exact) mass is 477 g/mol. The first-order valence-corrected chi connectivity index (χ1v) is 11.6. The van der Waals surface area contributed by atoms with E-state index in [1.54, 1.807) is 37.3 Å². The fourth-order valence-corrected chi connectivity index (χ4v) is 4.21. The lowest BCUT2D eigenvalue weighted by atomic mass is 10.1. The molecule has 9 nitrogen and oxygen atoms in total. The van der Waals surface area contributed by atoms with Gasteiger partial charge in [0.15, 0.2) is 0 Å². The maximum absolute atomic E-state index is 13.5. The third-order valence-corrected chi connectivity index (χ3v) is 6.02. The number of amides is 1. The van der Waals surface area contributed by atoms with Crippen molar-refractivity contribution in [3.63, 3.8) is 0 Å². The third kappa shape index (κ3) is 4.94. The molecule has 0 radical (unpaired) electrons. The zero-order valence-corrected chi connectivity index (χ0v) is 20.7. The number of anilines is 3. The first-order valence-electron chi connectivity index (χ1n) is 11.6. The Morgan fingerprint density at radius 2 is 1.86 bits per heavy atom. The van der Waals surface area contributed by atoms with E-state index in [1.807, 2.05) is 24.3 Å². The number of aromatic hydroxyl groups is 1. The van der Waals surface area contributed by atoms with Crippen molar-refractivity contribution in [1.29, 1.82) is 0 Å². The van der Waals surface area contributed by atoms with Crippen LogP contribution in [-0.4, -0.2) is 52.7 Å². The van der Waals surface area contributed by atoms with Gasteiger partial charge in [0.05, 0.1) is 33.0 Å². The molecule has 0 bridgehead atoms. The van der Waals surface area contributed by atoms with Gasteiger partial charge in [-0.3, -0.25) is 4.79 Å². The summed E-state index contributed by atoms with van der Waals surface area (Å²) in [5.74, 6) is 2.26. The zero-order valence-electron chi connectivity index (χ0n) is 20.7. The number of aromatic nitrogens is 2. The van der Waals surface area contributed by atoms with Gasteiger partial charge in [0.2, 0.25) is 5.95 Å². The van der Waals surface area contributed by atoms with E-state index < -0.39 is 0 Å². The van der Waals surface area contributed by atoms with E-state index in [9.17, 15) is 9.90 Å². The maximum Gasteiger partial charge on any atom is 0.260 e. The molecule has 1 aromatic heterocycles. The Labute approximate surface area is 205 Å². The lowest BCUT2D eigenvalue weighted by Crippen LogP contribution is -2.32. The minimum atomic E-state index is -0.162. The summed E-state index contributed by atoms with van der Waals surface area (Å²) in [6.45, 7) is 7.64. The van der Waals surface area contributed by atoms with Crippen LogP contribution in [-0.2, 0) is 13.1 Å². The largest absolute Gasteiger partial charge is 0.508 e. The lowest BCUT2D eigenvalue weighted by Gasteiger charge is -2.26. The molecular weight excluding hydrogens is 446 g/mol. The normalized spacial score (nSPS) is 12.6. The summed E-state index contributed by atoms with van der Waals surface area (Å²) < 4.78 is 10.7. The van der Waals surface area contributed by atoms with Gasteiger partial charge in [0.25, 0.3) is 5.91 Å².